The molecule has 0 unspecified atom stereocenters. The SMILES string of the molecule is N=c1nc(Cl)c(N2CCCCC2)c(N)n1O. The zero-order valence-electron chi connectivity index (χ0n) is 8.78. The standard InChI is InChI=1S/C9H14ClN5O/c10-7-6(14-4-2-1-3-5-14)8(11)15(16)9(12)13-7/h12,16H,1-5,11H2. The van der Waals surface area contributed by atoms with Gasteiger partial charge in [-0.25, -0.2) is 0 Å². The fraction of sp³-hybridized carbons (Fsp3) is 0.556. The fourth-order valence-corrected chi connectivity index (χ4v) is 2.22. The fourth-order valence-electron chi connectivity index (χ4n) is 1.92. The molecule has 88 valence electrons. The summed E-state index contributed by atoms with van der Waals surface area (Å²) in [5.74, 6) is 0.0758. The van der Waals surface area contributed by atoms with E-state index in [2.05, 4.69) is 4.98 Å². The average Bonchev–Trinajstić information content (AvgIpc) is 2.28. The molecule has 0 spiro atoms. The zero-order valence-corrected chi connectivity index (χ0v) is 9.54. The Morgan fingerprint density at radius 1 is 1.31 bits per heavy atom. The number of hydrogen-bond acceptors (Lipinski definition) is 5. The number of rotatable bonds is 1. The maximum Gasteiger partial charge on any atom is 0.259 e. The van der Waals surface area contributed by atoms with Crippen LogP contribution in [0.2, 0.25) is 5.15 Å². The van der Waals surface area contributed by atoms with E-state index in [9.17, 15) is 5.21 Å². The summed E-state index contributed by atoms with van der Waals surface area (Å²) in [7, 11) is 0. The third-order valence-electron chi connectivity index (χ3n) is 2.74. The van der Waals surface area contributed by atoms with Crippen LogP contribution < -0.4 is 16.3 Å². The monoisotopic (exact) mass is 243 g/mol. The molecule has 0 saturated carbocycles. The van der Waals surface area contributed by atoms with Crippen LogP contribution in [0.25, 0.3) is 0 Å². The van der Waals surface area contributed by atoms with Gasteiger partial charge in [0.25, 0.3) is 5.62 Å². The first-order valence-electron chi connectivity index (χ1n) is 5.18. The minimum absolute atomic E-state index is 0.0758. The van der Waals surface area contributed by atoms with Gasteiger partial charge in [0.05, 0.1) is 0 Å². The summed E-state index contributed by atoms with van der Waals surface area (Å²) < 4.78 is 0.551. The van der Waals surface area contributed by atoms with Crippen molar-refractivity contribution in [3.8, 4) is 0 Å². The van der Waals surface area contributed by atoms with Crippen molar-refractivity contribution in [2.45, 2.75) is 19.3 Å². The smallest absolute Gasteiger partial charge is 0.259 e. The lowest BCUT2D eigenvalue weighted by atomic mass is 10.1. The van der Waals surface area contributed by atoms with E-state index in [1.807, 2.05) is 4.90 Å². The molecule has 0 atom stereocenters. The summed E-state index contributed by atoms with van der Waals surface area (Å²) in [5, 5.41) is 17.0. The highest BCUT2D eigenvalue weighted by atomic mass is 35.5. The van der Waals surface area contributed by atoms with Gasteiger partial charge in [-0.05, 0) is 19.3 Å². The van der Waals surface area contributed by atoms with Crippen molar-refractivity contribution < 1.29 is 5.21 Å². The summed E-state index contributed by atoms with van der Waals surface area (Å²) >= 11 is 5.96. The number of hydrogen-bond donors (Lipinski definition) is 3. The van der Waals surface area contributed by atoms with E-state index < -0.39 is 0 Å². The van der Waals surface area contributed by atoms with Crippen LogP contribution >= 0.6 is 11.6 Å². The predicted molar refractivity (Wildman–Crippen MR) is 60.8 cm³/mol. The lowest BCUT2D eigenvalue weighted by Gasteiger charge is -2.30. The Morgan fingerprint density at radius 2 is 1.94 bits per heavy atom. The van der Waals surface area contributed by atoms with Crippen LogP contribution in [0.15, 0.2) is 0 Å². The van der Waals surface area contributed by atoms with Gasteiger partial charge in [0.1, 0.15) is 5.69 Å². The Kier molecular flexibility index (Phi) is 2.91. The summed E-state index contributed by atoms with van der Waals surface area (Å²) in [6, 6.07) is 0. The molecule has 16 heavy (non-hydrogen) atoms. The quantitative estimate of drug-likeness (QED) is 0.503. The molecule has 1 fully saturated rings. The molecule has 7 heteroatoms. The van der Waals surface area contributed by atoms with Gasteiger partial charge in [-0.3, -0.25) is 5.41 Å². The van der Waals surface area contributed by atoms with Gasteiger partial charge in [0, 0.05) is 13.1 Å². The molecule has 0 radical (unpaired) electrons. The number of piperidine rings is 1. The molecule has 0 aromatic carbocycles. The van der Waals surface area contributed by atoms with Crippen molar-refractivity contribution in [1.29, 1.82) is 5.41 Å². The minimum atomic E-state index is -0.358. The maximum absolute atomic E-state index is 9.50. The van der Waals surface area contributed by atoms with Gasteiger partial charge in [-0.15, -0.1) is 4.73 Å². The molecule has 1 aromatic rings. The zero-order chi connectivity index (χ0) is 11.7. The molecule has 1 aliphatic heterocycles. The van der Waals surface area contributed by atoms with Crippen LogP contribution in [0.5, 0.6) is 0 Å². The van der Waals surface area contributed by atoms with Gasteiger partial charge in [0.2, 0.25) is 0 Å². The van der Waals surface area contributed by atoms with Crippen LogP contribution in [0.1, 0.15) is 19.3 Å². The summed E-state index contributed by atoms with van der Waals surface area (Å²) in [6.45, 7) is 1.70. The Bertz CT molecular complexity index is 452. The normalized spacial score (nSPS) is 16.4. The summed E-state index contributed by atoms with van der Waals surface area (Å²) in [4.78, 5) is 5.73. The second-order valence-electron chi connectivity index (χ2n) is 3.82. The Balaban J connectivity index is 2.47. The molecule has 4 N–H and O–H groups in total. The third-order valence-corrected chi connectivity index (χ3v) is 3.01. The first-order chi connectivity index (χ1) is 7.61. The number of nitrogen functional groups attached to an aromatic ring is 1. The molecule has 1 aliphatic rings. The Morgan fingerprint density at radius 3 is 2.56 bits per heavy atom. The predicted octanol–water partition coefficient (Wildman–Crippen LogP) is 0.826. The number of aromatic nitrogens is 2. The molecular weight excluding hydrogens is 230 g/mol. The largest absolute Gasteiger partial charge is 0.423 e. The first-order valence-corrected chi connectivity index (χ1v) is 5.56. The average molecular weight is 244 g/mol. The molecule has 1 saturated heterocycles. The molecule has 0 bridgehead atoms. The lowest BCUT2D eigenvalue weighted by Crippen LogP contribution is -2.34. The van der Waals surface area contributed by atoms with E-state index in [4.69, 9.17) is 22.7 Å². The summed E-state index contributed by atoms with van der Waals surface area (Å²) in [6.07, 6.45) is 3.34. The van der Waals surface area contributed by atoms with Gasteiger partial charge in [0.15, 0.2) is 11.0 Å². The van der Waals surface area contributed by atoms with Crippen LogP contribution in [0.4, 0.5) is 11.5 Å². The van der Waals surface area contributed by atoms with Gasteiger partial charge < -0.3 is 15.8 Å². The van der Waals surface area contributed by atoms with E-state index in [0.29, 0.717) is 10.4 Å². The molecular formula is C9H14ClN5O. The molecule has 0 aliphatic carbocycles. The van der Waals surface area contributed by atoms with Crippen LogP contribution in [0, 0.1) is 5.41 Å². The second-order valence-corrected chi connectivity index (χ2v) is 4.18. The van der Waals surface area contributed by atoms with Crippen molar-refractivity contribution in [3.05, 3.63) is 10.8 Å². The van der Waals surface area contributed by atoms with E-state index in [1.54, 1.807) is 0 Å². The maximum atomic E-state index is 9.50. The Labute approximate surface area is 97.7 Å². The second kappa shape index (κ2) is 4.21. The number of anilines is 2. The highest BCUT2D eigenvalue weighted by Gasteiger charge is 2.20. The number of halogens is 1. The highest BCUT2D eigenvalue weighted by molar-refractivity contribution is 6.32. The molecule has 2 heterocycles. The van der Waals surface area contributed by atoms with Gasteiger partial charge in [-0.1, -0.05) is 11.6 Å². The highest BCUT2D eigenvalue weighted by Crippen LogP contribution is 2.30. The topological polar surface area (TPSA) is 91.2 Å². The van der Waals surface area contributed by atoms with E-state index in [1.165, 1.54) is 6.42 Å². The number of nitrogens with one attached hydrogen (secondary N) is 1. The van der Waals surface area contributed by atoms with Crippen molar-refractivity contribution >= 4 is 23.1 Å². The Hall–Kier alpha value is -1.43. The third kappa shape index (κ3) is 1.80. The summed E-state index contributed by atoms with van der Waals surface area (Å²) in [5.41, 5.74) is 5.91. The van der Waals surface area contributed by atoms with Crippen molar-refractivity contribution in [3.63, 3.8) is 0 Å². The van der Waals surface area contributed by atoms with E-state index >= 15 is 0 Å². The van der Waals surface area contributed by atoms with E-state index in [0.717, 1.165) is 25.9 Å². The van der Waals surface area contributed by atoms with E-state index in [-0.39, 0.29) is 16.6 Å². The first kappa shape index (κ1) is 11.1. The number of nitrogens with zero attached hydrogens (tertiary/aromatic N) is 3. The van der Waals surface area contributed by atoms with Crippen LogP contribution in [-0.4, -0.2) is 28.0 Å². The minimum Gasteiger partial charge on any atom is -0.423 e. The molecule has 2 rings (SSSR count). The lowest BCUT2D eigenvalue weighted by molar-refractivity contribution is 0.172. The van der Waals surface area contributed by atoms with Crippen molar-refractivity contribution in [2.75, 3.05) is 23.7 Å². The molecule has 0 amide bonds. The van der Waals surface area contributed by atoms with Crippen LogP contribution in [0.3, 0.4) is 0 Å². The molecule has 6 nitrogen and oxygen atoms in total. The van der Waals surface area contributed by atoms with Crippen molar-refractivity contribution in [1.82, 2.24) is 9.71 Å². The van der Waals surface area contributed by atoms with Gasteiger partial charge in [-0.2, -0.15) is 4.98 Å². The van der Waals surface area contributed by atoms with Crippen LogP contribution in [-0.2, 0) is 0 Å². The molecule has 1 aromatic heterocycles. The number of nitrogens with two attached hydrogens (primary N) is 1. The van der Waals surface area contributed by atoms with Gasteiger partial charge >= 0.3 is 0 Å². The van der Waals surface area contributed by atoms with Crippen molar-refractivity contribution in [2.24, 2.45) is 0 Å².